The average molecular weight is 324 g/mol. The van der Waals surface area contributed by atoms with Crippen molar-refractivity contribution in [2.75, 3.05) is 7.05 Å². The highest BCUT2D eigenvalue weighted by Crippen LogP contribution is 2.28. The Labute approximate surface area is 131 Å². The third-order valence-electron chi connectivity index (χ3n) is 3.06. The molecule has 0 atom stereocenters. The van der Waals surface area contributed by atoms with Gasteiger partial charge in [-0.05, 0) is 35.6 Å². The fraction of sp³-hybridized carbons (Fsp3) is 0.200. The zero-order valence-corrected chi connectivity index (χ0v) is 13.2. The second-order valence-corrected chi connectivity index (χ2v) is 5.98. The zero-order valence-electron chi connectivity index (χ0n) is 11.6. The van der Waals surface area contributed by atoms with Gasteiger partial charge in [0.1, 0.15) is 4.88 Å². The highest BCUT2D eigenvalue weighted by atomic mass is 35.5. The molecular formula is C15H14ClNO3S. The number of thiophene rings is 1. The van der Waals surface area contributed by atoms with Gasteiger partial charge < -0.3 is 10.0 Å². The number of hydrogen-bond acceptors (Lipinski definition) is 3. The first-order valence-corrected chi connectivity index (χ1v) is 7.47. The Balaban J connectivity index is 2.10. The molecule has 1 aromatic carbocycles. The van der Waals surface area contributed by atoms with E-state index in [1.807, 2.05) is 12.3 Å². The first-order chi connectivity index (χ1) is 9.90. The maximum absolute atomic E-state index is 12.3. The van der Waals surface area contributed by atoms with Crippen LogP contribution in [0, 0.1) is 6.92 Å². The Bertz CT molecular complexity index is 679. The molecule has 0 spiro atoms. The van der Waals surface area contributed by atoms with Gasteiger partial charge in [0.15, 0.2) is 0 Å². The maximum Gasteiger partial charge on any atom is 0.335 e. The van der Waals surface area contributed by atoms with Crippen molar-refractivity contribution in [3.63, 3.8) is 0 Å². The van der Waals surface area contributed by atoms with E-state index in [9.17, 15) is 9.59 Å². The molecule has 0 fully saturated rings. The van der Waals surface area contributed by atoms with Crippen LogP contribution in [0.4, 0.5) is 0 Å². The third-order valence-corrected chi connectivity index (χ3v) is 4.75. The Morgan fingerprint density at radius 3 is 2.38 bits per heavy atom. The highest BCUT2D eigenvalue weighted by molar-refractivity contribution is 7.13. The Morgan fingerprint density at radius 2 is 1.90 bits per heavy atom. The maximum atomic E-state index is 12.3. The van der Waals surface area contributed by atoms with E-state index >= 15 is 0 Å². The van der Waals surface area contributed by atoms with Crippen LogP contribution in [0.5, 0.6) is 0 Å². The van der Waals surface area contributed by atoms with Crippen LogP contribution in [-0.2, 0) is 6.54 Å². The Kier molecular flexibility index (Phi) is 4.65. The summed E-state index contributed by atoms with van der Waals surface area (Å²) in [5.41, 5.74) is 1.98. The van der Waals surface area contributed by atoms with Gasteiger partial charge in [0, 0.05) is 13.6 Å². The summed E-state index contributed by atoms with van der Waals surface area (Å²) in [6.07, 6.45) is 0. The van der Waals surface area contributed by atoms with E-state index in [-0.39, 0.29) is 11.5 Å². The Morgan fingerprint density at radius 1 is 1.29 bits per heavy atom. The molecule has 2 rings (SSSR count). The van der Waals surface area contributed by atoms with Crippen LogP contribution in [0.25, 0.3) is 0 Å². The standard InChI is InChI=1S/C15H14ClNO3S/c1-9-8-21-13(12(9)16)14(18)17(2)7-10-3-5-11(6-4-10)15(19)20/h3-6,8H,7H2,1-2H3,(H,19,20). The van der Waals surface area contributed by atoms with Crippen molar-refractivity contribution in [3.05, 3.63) is 56.2 Å². The first-order valence-electron chi connectivity index (χ1n) is 6.21. The van der Waals surface area contributed by atoms with Crippen LogP contribution < -0.4 is 0 Å². The predicted octanol–water partition coefficient (Wildman–Crippen LogP) is 3.68. The minimum Gasteiger partial charge on any atom is -0.478 e. The summed E-state index contributed by atoms with van der Waals surface area (Å²) in [5.74, 6) is -1.10. The van der Waals surface area contributed by atoms with E-state index in [1.54, 1.807) is 24.1 Å². The molecule has 0 radical (unpaired) electrons. The minimum absolute atomic E-state index is 0.139. The number of aryl methyl sites for hydroxylation is 1. The summed E-state index contributed by atoms with van der Waals surface area (Å²) in [5, 5.41) is 11.2. The molecule has 6 heteroatoms. The van der Waals surface area contributed by atoms with Gasteiger partial charge in [0.25, 0.3) is 5.91 Å². The topological polar surface area (TPSA) is 57.6 Å². The van der Waals surface area contributed by atoms with Crippen molar-refractivity contribution in [2.45, 2.75) is 13.5 Å². The van der Waals surface area contributed by atoms with E-state index in [0.29, 0.717) is 16.4 Å². The predicted molar refractivity (Wildman–Crippen MR) is 83.3 cm³/mol. The van der Waals surface area contributed by atoms with Crippen LogP contribution >= 0.6 is 22.9 Å². The SMILES string of the molecule is Cc1csc(C(=O)N(C)Cc2ccc(C(=O)O)cc2)c1Cl. The number of rotatable bonds is 4. The summed E-state index contributed by atoms with van der Waals surface area (Å²) in [6.45, 7) is 2.26. The largest absolute Gasteiger partial charge is 0.478 e. The Hall–Kier alpha value is -1.85. The highest BCUT2D eigenvalue weighted by Gasteiger charge is 2.18. The van der Waals surface area contributed by atoms with Crippen molar-refractivity contribution >= 4 is 34.8 Å². The molecule has 4 nitrogen and oxygen atoms in total. The molecule has 0 saturated carbocycles. The fourth-order valence-electron chi connectivity index (χ4n) is 1.85. The van der Waals surface area contributed by atoms with Crippen LogP contribution in [0.2, 0.25) is 5.02 Å². The smallest absolute Gasteiger partial charge is 0.335 e. The van der Waals surface area contributed by atoms with Gasteiger partial charge in [-0.2, -0.15) is 0 Å². The number of carbonyl (C=O) groups is 2. The lowest BCUT2D eigenvalue weighted by atomic mass is 10.1. The van der Waals surface area contributed by atoms with Gasteiger partial charge in [-0.25, -0.2) is 4.79 Å². The molecule has 0 bridgehead atoms. The van der Waals surface area contributed by atoms with Gasteiger partial charge in [-0.3, -0.25) is 4.79 Å². The summed E-state index contributed by atoms with van der Waals surface area (Å²) in [4.78, 5) is 25.2. The summed E-state index contributed by atoms with van der Waals surface area (Å²) in [7, 11) is 1.69. The van der Waals surface area contributed by atoms with Gasteiger partial charge in [0.05, 0.1) is 10.6 Å². The van der Waals surface area contributed by atoms with Crippen molar-refractivity contribution in [1.29, 1.82) is 0 Å². The monoisotopic (exact) mass is 323 g/mol. The van der Waals surface area contributed by atoms with Crippen molar-refractivity contribution in [2.24, 2.45) is 0 Å². The third kappa shape index (κ3) is 3.43. The molecule has 110 valence electrons. The van der Waals surface area contributed by atoms with E-state index in [4.69, 9.17) is 16.7 Å². The van der Waals surface area contributed by atoms with Crippen LogP contribution in [0.15, 0.2) is 29.6 Å². The molecule has 2 aromatic rings. The number of carboxylic acid groups (broad SMARTS) is 1. The van der Waals surface area contributed by atoms with Crippen LogP contribution in [0.1, 0.15) is 31.2 Å². The molecule has 1 heterocycles. The minimum atomic E-state index is -0.966. The van der Waals surface area contributed by atoms with Crippen molar-refractivity contribution in [3.8, 4) is 0 Å². The number of carboxylic acids is 1. The van der Waals surface area contributed by atoms with E-state index < -0.39 is 5.97 Å². The second kappa shape index (κ2) is 6.28. The van der Waals surface area contributed by atoms with Gasteiger partial charge >= 0.3 is 5.97 Å². The molecule has 0 aliphatic carbocycles. The number of aromatic carboxylic acids is 1. The van der Waals surface area contributed by atoms with Crippen LogP contribution in [0.3, 0.4) is 0 Å². The lowest BCUT2D eigenvalue weighted by molar-refractivity contribution is 0.0695. The summed E-state index contributed by atoms with van der Waals surface area (Å²) < 4.78 is 0. The molecule has 0 aliphatic heterocycles. The molecule has 1 amide bonds. The number of hydrogen-bond donors (Lipinski definition) is 1. The van der Waals surface area contributed by atoms with Crippen LogP contribution in [-0.4, -0.2) is 28.9 Å². The number of halogens is 1. The van der Waals surface area contributed by atoms with Gasteiger partial charge in [0.2, 0.25) is 0 Å². The van der Waals surface area contributed by atoms with Gasteiger partial charge in [-0.1, -0.05) is 23.7 Å². The molecule has 21 heavy (non-hydrogen) atoms. The molecule has 0 aliphatic rings. The molecule has 1 aromatic heterocycles. The number of nitrogens with zero attached hydrogens (tertiary/aromatic N) is 1. The molecule has 0 unspecified atom stereocenters. The number of amides is 1. The quantitative estimate of drug-likeness (QED) is 0.933. The average Bonchev–Trinajstić information content (AvgIpc) is 2.78. The first kappa shape index (κ1) is 15.5. The van der Waals surface area contributed by atoms with E-state index in [2.05, 4.69) is 0 Å². The summed E-state index contributed by atoms with van der Waals surface area (Å²) >= 11 is 7.43. The lowest BCUT2D eigenvalue weighted by Gasteiger charge is -2.16. The zero-order chi connectivity index (χ0) is 15.6. The number of carbonyl (C=O) groups excluding carboxylic acids is 1. The van der Waals surface area contributed by atoms with Crippen molar-refractivity contribution < 1.29 is 14.7 Å². The fourth-order valence-corrected chi connectivity index (χ4v) is 3.11. The summed E-state index contributed by atoms with van der Waals surface area (Å²) in [6, 6.07) is 6.46. The number of benzene rings is 1. The van der Waals surface area contributed by atoms with Crippen molar-refractivity contribution in [1.82, 2.24) is 4.90 Å². The van der Waals surface area contributed by atoms with Gasteiger partial charge in [-0.15, -0.1) is 11.3 Å². The second-order valence-electron chi connectivity index (χ2n) is 4.73. The molecular weight excluding hydrogens is 310 g/mol. The lowest BCUT2D eigenvalue weighted by Crippen LogP contribution is -2.25. The van der Waals surface area contributed by atoms with E-state index in [0.717, 1.165) is 11.1 Å². The van der Waals surface area contributed by atoms with E-state index in [1.165, 1.54) is 23.5 Å². The molecule has 1 N–H and O–H groups in total. The normalized spacial score (nSPS) is 10.4. The molecule has 0 saturated heterocycles.